The molecule has 3 rings (SSSR count). The molecule has 0 saturated heterocycles. The fourth-order valence-corrected chi connectivity index (χ4v) is 2.39. The maximum Gasteiger partial charge on any atom is 0.339 e. The number of para-hydroxylation sites is 1. The highest BCUT2D eigenvalue weighted by atomic mass is 16.4. The number of carboxylic acids is 1. The molecule has 1 aromatic carbocycles. The van der Waals surface area contributed by atoms with E-state index in [-0.39, 0.29) is 17.7 Å². The second-order valence-electron chi connectivity index (χ2n) is 4.75. The fraction of sp³-hybridized carbons (Fsp3) is 0.133. The Balaban J connectivity index is 2.19. The lowest BCUT2D eigenvalue weighted by molar-refractivity contribution is 0.0695. The predicted octanol–water partition coefficient (Wildman–Crippen LogP) is 1.48. The Morgan fingerprint density at radius 1 is 1.24 bits per heavy atom. The molecular formula is C15H13N3O3. The van der Waals surface area contributed by atoms with Crippen LogP contribution in [0.3, 0.4) is 0 Å². The summed E-state index contributed by atoms with van der Waals surface area (Å²) in [4.78, 5) is 23.4. The molecule has 0 fully saturated rings. The number of carboxylic acid groups (broad SMARTS) is 1. The molecule has 0 radical (unpaired) electrons. The summed E-state index contributed by atoms with van der Waals surface area (Å²) in [5.41, 5.74) is 1.19. The van der Waals surface area contributed by atoms with Gasteiger partial charge in [-0.15, -0.1) is 0 Å². The van der Waals surface area contributed by atoms with E-state index < -0.39 is 5.97 Å². The average molecular weight is 283 g/mol. The molecular weight excluding hydrogens is 270 g/mol. The Hall–Kier alpha value is -2.89. The maximum atomic E-state index is 12.1. The molecule has 0 aliphatic rings. The van der Waals surface area contributed by atoms with Crippen molar-refractivity contribution < 1.29 is 9.90 Å². The molecule has 2 heterocycles. The van der Waals surface area contributed by atoms with Crippen molar-refractivity contribution in [2.24, 2.45) is 7.05 Å². The van der Waals surface area contributed by atoms with Crippen molar-refractivity contribution >= 4 is 16.9 Å². The maximum absolute atomic E-state index is 12.1. The van der Waals surface area contributed by atoms with Gasteiger partial charge in [-0.05, 0) is 17.5 Å². The van der Waals surface area contributed by atoms with Gasteiger partial charge in [0.1, 0.15) is 5.56 Å². The number of aromatic nitrogens is 3. The van der Waals surface area contributed by atoms with Gasteiger partial charge in [-0.2, -0.15) is 5.10 Å². The number of nitrogens with zero attached hydrogens (tertiary/aromatic N) is 3. The normalized spacial score (nSPS) is 10.9. The molecule has 0 unspecified atom stereocenters. The summed E-state index contributed by atoms with van der Waals surface area (Å²) in [6.45, 7) is 0.165. The van der Waals surface area contributed by atoms with Gasteiger partial charge < -0.3 is 9.67 Å². The molecule has 0 amide bonds. The van der Waals surface area contributed by atoms with Gasteiger partial charge in [0.25, 0.3) is 5.56 Å². The Morgan fingerprint density at radius 2 is 2.00 bits per heavy atom. The quantitative estimate of drug-likeness (QED) is 0.790. The molecule has 6 nitrogen and oxygen atoms in total. The zero-order valence-electron chi connectivity index (χ0n) is 11.4. The first-order valence-corrected chi connectivity index (χ1v) is 6.40. The second-order valence-corrected chi connectivity index (χ2v) is 4.75. The van der Waals surface area contributed by atoms with Gasteiger partial charge in [-0.3, -0.25) is 9.48 Å². The van der Waals surface area contributed by atoms with Gasteiger partial charge in [0.15, 0.2) is 0 Å². The van der Waals surface area contributed by atoms with Crippen LogP contribution < -0.4 is 5.56 Å². The number of pyridine rings is 1. The van der Waals surface area contributed by atoms with Crippen molar-refractivity contribution in [2.45, 2.75) is 6.54 Å². The number of aromatic carboxylic acids is 1. The third-order valence-electron chi connectivity index (χ3n) is 3.50. The van der Waals surface area contributed by atoms with E-state index in [9.17, 15) is 14.7 Å². The van der Waals surface area contributed by atoms with Crippen LogP contribution in [0.4, 0.5) is 0 Å². The molecule has 106 valence electrons. The molecule has 3 aromatic rings. The molecule has 2 aromatic heterocycles. The molecule has 1 N–H and O–H groups in total. The van der Waals surface area contributed by atoms with Gasteiger partial charge in [0.2, 0.25) is 0 Å². The van der Waals surface area contributed by atoms with Gasteiger partial charge >= 0.3 is 5.97 Å². The lowest BCUT2D eigenvalue weighted by atomic mass is 10.2. The van der Waals surface area contributed by atoms with Crippen molar-refractivity contribution in [3.63, 3.8) is 0 Å². The van der Waals surface area contributed by atoms with Crippen molar-refractivity contribution in [3.05, 3.63) is 64.2 Å². The first kappa shape index (κ1) is 13.1. The summed E-state index contributed by atoms with van der Waals surface area (Å²) in [7, 11) is 1.66. The zero-order chi connectivity index (χ0) is 15.0. The van der Waals surface area contributed by atoms with Gasteiger partial charge in [0, 0.05) is 13.1 Å². The van der Waals surface area contributed by atoms with Gasteiger partial charge in [-0.25, -0.2) is 4.79 Å². The Bertz CT molecular complexity index is 893. The fourth-order valence-electron chi connectivity index (χ4n) is 2.39. The molecule has 0 atom stereocenters. The summed E-state index contributed by atoms with van der Waals surface area (Å²) in [6.07, 6.45) is 1.30. The van der Waals surface area contributed by atoms with Crippen LogP contribution in [0.5, 0.6) is 0 Å². The van der Waals surface area contributed by atoms with Gasteiger partial charge in [0.05, 0.1) is 24.0 Å². The Kier molecular flexibility index (Phi) is 3.06. The van der Waals surface area contributed by atoms with Crippen molar-refractivity contribution in [1.29, 1.82) is 0 Å². The van der Waals surface area contributed by atoms with E-state index >= 15 is 0 Å². The number of hydrogen-bond donors (Lipinski definition) is 1. The highest BCUT2D eigenvalue weighted by Crippen LogP contribution is 2.14. The lowest BCUT2D eigenvalue weighted by Crippen LogP contribution is -2.22. The van der Waals surface area contributed by atoms with Crippen LogP contribution >= 0.6 is 0 Å². The second kappa shape index (κ2) is 4.90. The van der Waals surface area contributed by atoms with E-state index in [1.807, 2.05) is 24.3 Å². The van der Waals surface area contributed by atoms with E-state index in [0.29, 0.717) is 5.69 Å². The molecule has 21 heavy (non-hydrogen) atoms. The largest absolute Gasteiger partial charge is 0.478 e. The minimum absolute atomic E-state index is 0.109. The lowest BCUT2D eigenvalue weighted by Gasteiger charge is -2.11. The number of aryl methyl sites for hydroxylation is 1. The minimum Gasteiger partial charge on any atom is -0.478 e. The standard InChI is InChI=1S/C15H13N3O3/c1-17-13(11(8-16-17)15(20)21)9-18-12-5-3-2-4-10(12)6-7-14(18)19/h2-8H,9H2,1H3,(H,20,21). The Labute approximate surface area is 119 Å². The molecule has 0 aliphatic heterocycles. The first-order valence-electron chi connectivity index (χ1n) is 6.40. The number of carbonyl (C=O) groups is 1. The summed E-state index contributed by atoms with van der Waals surface area (Å²) in [6, 6.07) is 10.7. The monoisotopic (exact) mass is 283 g/mol. The molecule has 0 bridgehead atoms. The van der Waals surface area contributed by atoms with Crippen LogP contribution in [-0.4, -0.2) is 25.4 Å². The number of benzene rings is 1. The smallest absolute Gasteiger partial charge is 0.339 e. The Morgan fingerprint density at radius 3 is 2.76 bits per heavy atom. The average Bonchev–Trinajstić information content (AvgIpc) is 2.83. The van der Waals surface area contributed by atoms with E-state index in [1.165, 1.54) is 16.9 Å². The first-order chi connectivity index (χ1) is 10.1. The third-order valence-corrected chi connectivity index (χ3v) is 3.50. The van der Waals surface area contributed by atoms with Gasteiger partial charge in [-0.1, -0.05) is 18.2 Å². The summed E-state index contributed by atoms with van der Waals surface area (Å²) in [5.74, 6) is -1.05. The van der Waals surface area contributed by atoms with Crippen LogP contribution in [0, 0.1) is 0 Å². The number of rotatable bonds is 3. The van der Waals surface area contributed by atoms with E-state index in [1.54, 1.807) is 17.7 Å². The predicted molar refractivity (Wildman–Crippen MR) is 77.5 cm³/mol. The summed E-state index contributed by atoms with van der Waals surface area (Å²) >= 11 is 0. The third kappa shape index (κ3) is 2.20. The van der Waals surface area contributed by atoms with E-state index in [4.69, 9.17) is 0 Å². The summed E-state index contributed by atoms with van der Waals surface area (Å²) < 4.78 is 3.04. The summed E-state index contributed by atoms with van der Waals surface area (Å²) in [5, 5.41) is 14.1. The SMILES string of the molecule is Cn1ncc(C(=O)O)c1Cn1c(=O)ccc2ccccc21. The van der Waals surface area contributed by atoms with Crippen LogP contribution in [0.15, 0.2) is 47.4 Å². The highest BCUT2D eigenvalue weighted by molar-refractivity contribution is 5.88. The highest BCUT2D eigenvalue weighted by Gasteiger charge is 2.16. The molecule has 0 saturated carbocycles. The molecule has 0 aliphatic carbocycles. The topological polar surface area (TPSA) is 77.1 Å². The van der Waals surface area contributed by atoms with E-state index in [0.717, 1.165) is 10.9 Å². The van der Waals surface area contributed by atoms with Crippen LogP contribution in [0.1, 0.15) is 16.1 Å². The number of hydrogen-bond acceptors (Lipinski definition) is 3. The van der Waals surface area contributed by atoms with Crippen LogP contribution in [-0.2, 0) is 13.6 Å². The molecule has 0 spiro atoms. The van der Waals surface area contributed by atoms with Crippen molar-refractivity contribution in [2.75, 3.05) is 0 Å². The van der Waals surface area contributed by atoms with Crippen molar-refractivity contribution in [3.8, 4) is 0 Å². The molecule has 6 heteroatoms. The van der Waals surface area contributed by atoms with Crippen LogP contribution in [0.25, 0.3) is 10.9 Å². The van der Waals surface area contributed by atoms with Crippen molar-refractivity contribution in [1.82, 2.24) is 14.3 Å². The van der Waals surface area contributed by atoms with E-state index in [2.05, 4.69) is 5.10 Å². The minimum atomic E-state index is -1.05. The zero-order valence-corrected chi connectivity index (χ0v) is 11.4. The number of fused-ring (bicyclic) bond motifs is 1. The van der Waals surface area contributed by atoms with Crippen LogP contribution in [0.2, 0.25) is 0 Å².